The number of nitrogens with two attached hydrogens (primary N) is 1. The normalized spacial score (nSPS) is 10.4. The van der Waals surface area contributed by atoms with Crippen molar-refractivity contribution in [3.8, 4) is 0 Å². The van der Waals surface area contributed by atoms with Gasteiger partial charge in [0.25, 0.3) is 0 Å². The zero-order chi connectivity index (χ0) is 11.4. The highest BCUT2D eigenvalue weighted by atomic mass is 79.9. The molecule has 0 amide bonds. The Kier molecular flexibility index (Phi) is 3.87. The van der Waals surface area contributed by atoms with Crippen LogP contribution in [0.1, 0.15) is 10.7 Å². The third-order valence-electron chi connectivity index (χ3n) is 1.95. The molecule has 84 valence electrons. The van der Waals surface area contributed by atoms with Crippen molar-refractivity contribution < 1.29 is 0 Å². The molecule has 3 N–H and O–H groups in total. The van der Waals surface area contributed by atoms with Crippen LogP contribution in [0.4, 0.5) is 5.82 Å². The maximum absolute atomic E-state index is 5.47. The quantitative estimate of drug-likeness (QED) is 0.910. The number of hydrogen-bond acceptors (Lipinski definition) is 5. The number of nitrogens with one attached hydrogen (secondary N) is 1. The van der Waals surface area contributed by atoms with Crippen LogP contribution in [0.25, 0.3) is 0 Å². The van der Waals surface area contributed by atoms with Gasteiger partial charge < -0.3 is 11.1 Å². The molecule has 0 atom stereocenters. The van der Waals surface area contributed by atoms with E-state index in [0.717, 1.165) is 16.8 Å². The fourth-order valence-corrected chi connectivity index (χ4v) is 2.61. The zero-order valence-electron chi connectivity index (χ0n) is 8.48. The number of halogens is 1. The van der Waals surface area contributed by atoms with Gasteiger partial charge in [0.05, 0.1) is 13.1 Å². The van der Waals surface area contributed by atoms with Crippen molar-refractivity contribution >= 4 is 33.1 Å². The molecule has 0 saturated carbocycles. The molecule has 0 unspecified atom stereocenters. The molecule has 0 saturated heterocycles. The van der Waals surface area contributed by atoms with E-state index in [-0.39, 0.29) is 0 Å². The molecule has 0 bridgehead atoms. The van der Waals surface area contributed by atoms with Crippen molar-refractivity contribution in [3.63, 3.8) is 0 Å². The van der Waals surface area contributed by atoms with Gasteiger partial charge in [-0.05, 0) is 28.1 Å². The lowest BCUT2D eigenvalue weighted by Crippen LogP contribution is -2.06. The van der Waals surface area contributed by atoms with E-state index in [4.69, 9.17) is 5.73 Å². The highest BCUT2D eigenvalue weighted by Gasteiger charge is 1.99. The Hall–Kier alpha value is -0.980. The summed E-state index contributed by atoms with van der Waals surface area (Å²) in [4.78, 5) is 9.54. The van der Waals surface area contributed by atoms with E-state index in [1.165, 1.54) is 4.88 Å². The van der Waals surface area contributed by atoms with E-state index < -0.39 is 0 Å². The van der Waals surface area contributed by atoms with Gasteiger partial charge in [0.2, 0.25) is 0 Å². The Bertz CT molecular complexity index is 471. The number of aromatic nitrogens is 2. The van der Waals surface area contributed by atoms with Crippen LogP contribution < -0.4 is 11.1 Å². The molecule has 2 rings (SSSR count). The second-order valence-corrected chi connectivity index (χ2v) is 5.06. The van der Waals surface area contributed by atoms with Gasteiger partial charge in [0.15, 0.2) is 0 Å². The van der Waals surface area contributed by atoms with E-state index in [1.807, 2.05) is 6.07 Å². The largest absolute Gasteiger partial charge is 0.365 e. The van der Waals surface area contributed by atoms with E-state index in [1.54, 1.807) is 17.5 Å². The van der Waals surface area contributed by atoms with Gasteiger partial charge in [-0.15, -0.1) is 11.3 Å². The number of hydrogen-bond donors (Lipinski definition) is 2. The molecule has 4 nitrogen and oxygen atoms in total. The lowest BCUT2D eigenvalue weighted by molar-refractivity contribution is 0.905. The van der Waals surface area contributed by atoms with Crippen LogP contribution in [0.15, 0.2) is 28.2 Å². The van der Waals surface area contributed by atoms with Crippen molar-refractivity contribution in [1.29, 1.82) is 0 Å². The lowest BCUT2D eigenvalue weighted by Gasteiger charge is -2.04. The van der Waals surface area contributed by atoms with Crippen molar-refractivity contribution in [1.82, 2.24) is 9.97 Å². The first-order valence-electron chi connectivity index (χ1n) is 4.76. The molecule has 0 radical (unpaired) electrons. The molecule has 0 fully saturated rings. The Morgan fingerprint density at radius 3 is 3.06 bits per heavy atom. The van der Waals surface area contributed by atoms with Crippen LogP contribution >= 0.6 is 27.3 Å². The van der Waals surface area contributed by atoms with Crippen LogP contribution in [-0.2, 0) is 13.1 Å². The molecule has 0 spiro atoms. The predicted molar refractivity (Wildman–Crippen MR) is 69.3 cm³/mol. The van der Waals surface area contributed by atoms with E-state index >= 15 is 0 Å². The molecule has 2 aromatic heterocycles. The molecule has 0 aliphatic carbocycles. The maximum Gasteiger partial charge on any atom is 0.144 e. The summed E-state index contributed by atoms with van der Waals surface area (Å²) >= 11 is 5.12. The van der Waals surface area contributed by atoms with Gasteiger partial charge in [-0.1, -0.05) is 0 Å². The van der Waals surface area contributed by atoms with Gasteiger partial charge in [-0.3, -0.25) is 0 Å². The fourth-order valence-electron chi connectivity index (χ4n) is 1.22. The zero-order valence-corrected chi connectivity index (χ0v) is 10.9. The second kappa shape index (κ2) is 5.38. The molecular formula is C10H11BrN4S. The smallest absolute Gasteiger partial charge is 0.144 e. The number of anilines is 1. The van der Waals surface area contributed by atoms with Gasteiger partial charge in [0, 0.05) is 20.9 Å². The summed E-state index contributed by atoms with van der Waals surface area (Å²) in [6, 6.07) is 3.92. The first-order valence-corrected chi connectivity index (χ1v) is 6.44. The predicted octanol–water partition coefficient (Wildman–Crippen LogP) is 2.37. The molecule has 2 heterocycles. The maximum atomic E-state index is 5.47. The summed E-state index contributed by atoms with van der Waals surface area (Å²) in [6.45, 7) is 1.12. The number of thiophene rings is 1. The molecule has 16 heavy (non-hydrogen) atoms. The Morgan fingerprint density at radius 2 is 2.38 bits per heavy atom. The molecule has 6 heteroatoms. The van der Waals surface area contributed by atoms with Gasteiger partial charge >= 0.3 is 0 Å². The molecule has 2 aromatic rings. The van der Waals surface area contributed by atoms with Gasteiger partial charge in [-0.2, -0.15) is 0 Å². The first-order chi connectivity index (χ1) is 7.78. The van der Waals surface area contributed by atoms with E-state index in [9.17, 15) is 0 Å². The Balaban J connectivity index is 1.99. The molecular weight excluding hydrogens is 288 g/mol. The summed E-state index contributed by atoms with van der Waals surface area (Å²) in [5, 5.41) is 5.29. The Labute approximate surface area is 106 Å². The van der Waals surface area contributed by atoms with Gasteiger partial charge in [0.1, 0.15) is 11.6 Å². The highest BCUT2D eigenvalue weighted by Crippen LogP contribution is 2.20. The monoisotopic (exact) mass is 298 g/mol. The van der Waals surface area contributed by atoms with Crippen LogP contribution in [0.2, 0.25) is 0 Å². The molecule has 0 aliphatic rings. The molecule has 0 aliphatic heterocycles. The average Bonchev–Trinajstić information content (AvgIpc) is 2.73. The third kappa shape index (κ3) is 3.01. The van der Waals surface area contributed by atoms with E-state index in [2.05, 4.69) is 42.7 Å². The third-order valence-corrected chi connectivity index (χ3v) is 3.65. The lowest BCUT2D eigenvalue weighted by atomic mass is 10.4. The minimum atomic E-state index is 0.361. The summed E-state index contributed by atoms with van der Waals surface area (Å²) in [5.41, 5.74) is 5.47. The van der Waals surface area contributed by atoms with Crippen LogP contribution in [-0.4, -0.2) is 9.97 Å². The van der Waals surface area contributed by atoms with Crippen LogP contribution in [0.3, 0.4) is 0 Å². The van der Waals surface area contributed by atoms with Crippen molar-refractivity contribution in [2.45, 2.75) is 13.1 Å². The second-order valence-electron chi connectivity index (χ2n) is 3.15. The summed E-state index contributed by atoms with van der Waals surface area (Å²) in [7, 11) is 0. The van der Waals surface area contributed by atoms with Crippen LogP contribution in [0.5, 0.6) is 0 Å². The van der Waals surface area contributed by atoms with E-state index in [0.29, 0.717) is 12.4 Å². The summed E-state index contributed by atoms with van der Waals surface area (Å²) in [5.74, 6) is 1.46. The number of nitrogens with zero attached hydrogens (tertiary/aromatic N) is 2. The highest BCUT2D eigenvalue weighted by molar-refractivity contribution is 9.10. The number of rotatable bonds is 4. The minimum absolute atomic E-state index is 0.361. The fraction of sp³-hybridized carbons (Fsp3) is 0.200. The SMILES string of the molecule is NCc1nccc(NCc2cc(Br)cs2)n1. The average molecular weight is 299 g/mol. The topological polar surface area (TPSA) is 63.8 Å². The standard InChI is InChI=1S/C10H11BrN4S/c11-7-3-8(16-6-7)5-14-9-1-2-13-10(4-12)15-9/h1-3,6H,4-5,12H2,(H,13,14,15). The van der Waals surface area contributed by atoms with Crippen molar-refractivity contribution in [2.24, 2.45) is 5.73 Å². The Morgan fingerprint density at radius 1 is 1.50 bits per heavy atom. The van der Waals surface area contributed by atoms with Gasteiger partial charge in [-0.25, -0.2) is 9.97 Å². The van der Waals surface area contributed by atoms with Crippen LogP contribution in [0, 0.1) is 0 Å². The first kappa shape index (κ1) is 11.5. The summed E-state index contributed by atoms with van der Waals surface area (Å²) in [6.07, 6.45) is 1.71. The van der Waals surface area contributed by atoms with Crippen molar-refractivity contribution in [2.75, 3.05) is 5.32 Å². The minimum Gasteiger partial charge on any atom is -0.365 e. The summed E-state index contributed by atoms with van der Waals surface area (Å²) < 4.78 is 1.11. The molecule has 0 aromatic carbocycles. The van der Waals surface area contributed by atoms with Crippen molar-refractivity contribution in [3.05, 3.63) is 38.9 Å².